The van der Waals surface area contributed by atoms with Gasteiger partial charge in [-0.25, -0.2) is 0 Å². The van der Waals surface area contributed by atoms with E-state index in [9.17, 15) is 0 Å². The smallest absolute Gasteiger partial charge is 0.0252 e. The average Bonchev–Trinajstić information content (AvgIpc) is 1.46. The van der Waals surface area contributed by atoms with Crippen LogP contribution in [0.4, 0.5) is 0 Å². The zero-order valence-electron chi connectivity index (χ0n) is 4.28. The van der Waals surface area contributed by atoms with E-state index in [0.717, 1.165) is 0 Å². The molecule has 0 bridgehead atoms. The molecule has 0 saturated heterocycles. The molecule has 0 aliphatic heterocycles. The number of hydrogen-bond donors (Lipinski definition) is 0. The van der Waals surface area contributed by atoms with Crippen LogP contribution in [0.25, 0.3) is 0 Å². The molecule has 2 heteroatoms. The summed E-state index contributed by atoms with van der Waals surface area (Å²) in [5.41, 5.74) is 0. The molecule has 0 aromatic carbocycles. The van der Waals surface area contributed by atoms with Gasteiger partial charge in [-0.3, -0.25) is 0 Å². The van der Waals surface area contributed by atoms with Crippen LogP contribution in [0.3, 0.4) is 0 Å². The monoisotopic (exact) mass is 108 g/mol. The molecule has 34 valence electrons. The van der Waals surface area contributed by atoms with E-state index in [-0.39, 0.29) is 0 Å². The predicted molar refractivity (Wildman–Crippen MR) is 35.6 cm³/mol. The summed E-state index contributed by atoms with van der Waals surface area (Å²) < 4.78 is 0. The van der Waals surface area contributed by atoms with E-state index in [0.29, 0.717) is 0 Å². The van der Waals surface area contributed by atoms with E-state index in [4.69, 9.17) is 0 Å². The molecule has 0 amide bonds. The predicted octanol–water partition coefficient (Wildman–Crippen LogP) is 0.558. The van der Waals surface area contributed by atoms with Crippen molar-refractivity contribution in [1.29, 1.82) is 0 Å². The molecular weight excluding hydrogens is 95.1 g/mol. The Kier molecular flexibility index (Phi) is 41.8. The maximum atomic E-state index is 2.56. The fourth-order valence-corrected chi connectivity index (χ4v) is 0. The standard InChI is InChI=1S/C3H8.H5PSi/c1-3-2;1-2/h3H2,1-2H3;1H2,2H3. The van der Waals surface area contributed by atoms with Crippen LogP contribution in [-0.2, 0) is 0 Å². The normalized spacial score (nSPS) is 5.40. The van der Waals surface area contributed by atoms with Crippen LogP contribution in [0.5, 0.6) is 0 Å². The summed E-state index contributed by atoms with van der Waals surface area (Å²) in [6, 6.07) is 0. The Balaban J connectivity index is 0. The van der Waals surface area contributed by atoms with Gasteiger partial charge in [0.15, 0.2) is 0 Å². The molecule has 0 heterocycles. The quantitative estimate of drug-likeness (QED) is 0.314. The van der Waals surface area contributed by atoms with E-state index in [1.165, 1.54) is 16.3 Å². The fourth-order valence-electron chi connectivity index (χ4n) is 0. The second-order valence-electron chi connectivity index (χ2n) is 0.707. The summed E-state index contributed by atoms with van der Waals surface area (Å²) in [5, 5.41) is 0. The molecule has 0 fully saturated rings. The Morgan fingerprint density at radius 1 is 1.40 bits per heavy atom. The molecule has 0 aromatic heterocycles. The van der Waals surface area contributed by atoms with Crippen LogP contribution in [0.15, 0.2) is 0 Å². The molecule has 0 radical (unpaired) electrons. The highest BCUT2D eigenvalue weighted by Gasteiger charge is 1.35. The first-order valence-corrected chi connectivity index (χ1v) is 6.61. The van der Waals surface area contributed by atoms with Crippen LogP contribution >= 0.6 is 8.79 Å². The Morgan fingerprint density at radius 2 is 1.40 bits per heavy atom. The lowest BCUT2D eigenvalue weighted by Crippen LogP contribution is -1.27. The van der Waals surface area contributed by atoms with Gasteiger partial charge < -0.3 is 0 Å². The third kappa shape index (κ3) is 77.8. The van der Waals surface area contributed by atoms with Crippen LogP contribution in [0.1, 0.15) is 20.3 Å². The SMILES string of the molecule is CCC.[SiH3]P. The molecule has 5 heavy (non-hydrogen) atoms. The molecule has 0 saturated carbocycles. The Labute approximate surface area is 39.8 Å². The average molecular weight is 108 g/mol. The Morgan fingerprint density at radius 3 is 1.40 bits per heavy atom. The zero-order valence-corrected chi connectivity index (χ0v) is 7.44. The fraction of sp³-hybridized carbons (Fsp3) is 1.00. The minimum atomic E-state index is 1.22. The van der Waals surface area contributed by atoms with Gasteiger partial charge in [0.05, 0.1) is 0 Å². The maximum Gasteiger partial charge on any atom is 0.0252 e. The minimum Gasteiger partial charge on any atom is -0.159 e. The summed E-state index contributed by atoms with van der Waals surface area (Å²) in [5.74, 6) is 0. The van der Waals surface area contributed by atoms with Crippen molar-refractivity contribution >= 4 is 18.7 Å². The Hall–Kier alpha value is 0.647. The summed E-state index contributed by atoms with van der Waals surface area (Å²) in [4.78, 5) is 0. The summed E-state index contributed by atoms with van der Waals surface area (Å²) in [7, 11) is 3.78. The topological polar surface area (TPSA) is 0 Å². The lowest BCUT2D eigenvalue weighted by Gasteiger charge is -1.48. The summed E-state index contributed by atoms with van der Waals surface area (Å²) >= 11 is 0. The van der Waals surface area contributed by atoms with Gasteiger partial charge in [0.25, 0.3) is 0 Å². The van der Waals surface area contributed by atoms with Crippen molar-refractivity contribution in [1.82, 2.24) is 0 Å². The zero-order chi connectivity index (χ0) is 4.71. The van der Waals surface area contributed by atoms with Gasteiger partial charge >= 0.3 is 0 Å². The van der Waals surface area contributed by atoms with Crippen LogP contribution in [-0.4, -0.2) is 9.91 Å². The molecule has 0 aliphatic rings. The lowest BCUT2D eigenvalue weighted by atomic mass is 10.6. The third-order valence-corrected chi connectivity index (χ3v) is 0. The van der Waals surface area contributed by atoms with Crippen molar-refractivity contribution in [3.05, 3.63) is 0 Å². The number of hydrogen-bond acceptors (Lipinski definition) is 0. The first kappa shape index (κ1) is 9.17. The van der Waals surface area contributed by atoms with Crippen LogP contribution in [0, 0.1) is 0 Å². The third-order valence-electron chi connectivity index (χ3n) is 0. The minimum absolute atomic E-state index is 1.22. The van der Waals surface area contributed by atoms with Crippen molar-refractivity contribution in [3.63, 3.8) is 0 Å². The van der Waals surface area contributed by atoms with Crippen molar-refractivity contribution in [2.75, 3.05) is 0 Å². The molecule has 0 aliphatic carbocycles. The molecule has 0 nitrogen and oxygen atoms in total. The second kappa shape index (κ2) is 22.8. The largest absolute Gasteiger partial charge is 0.159 e. The van der Waals surface area contributed by atoms with E-state index in [2.05, 4.69) is 22.6 Å². The molecule has 0 aromatic rings. The lowest BCUT2D eigenvalue weighted by molar-refractivity contribution is 1.09. The molecule has 1 unspecified atom stereocenters. The maximum absolute atomic E-state index is 2.56. The van der Waals surface area contributed by atoms with Crippen molar-refractivity contribution in [2.24, 2.45) is 0 Å². The highest BCUT2D eigenvalue weighted by molar-refractivity contribution is 7.49. The second-order valence-corrected chi connectivity index (χ2v) is 0.707. The highest BCUT2D eigenvalue weighted by atomic mass is 31.3. The van der Waals surface area contributed by atoms with E-state index in [1.807, 2.05) is 0 Å². The van der Waals surface area contributed by atoms with Gasteiger partial charge in [-0.05, 0) is 0 Å². The summed E-state index contributed by atoms with van der Waals surface area (Å²) in [6.45, 7) is 4.25. The number of rotatable bonds is 0. The molecule has 0 rings (SSSR count). The van der Waals surface area contributed by atoms with Crippen molar-refractivity contribution in [3.8, 4) is 0 Å². The molecule has 0 spiro atoms. The first-order valence-electron chi connectivity index (χ1n) is 1.99. The molecular formula is C3H13PSi. The van der Waals surface area contributed by atoms with Gasteiger partial charge in [-0.15, -0.1) is 0 Å². The Bertz CT molecular complexity index is 6.85. The van der Waals surface area contributed by atoms with Gasteiger partial charge in [0.1, 0.15) is 0 Å². The molecule has 0 N–H and O–H groups in total. The van der Waals surface area contributed by atoms with E-state index < -0.39 is 0 Å². The van der Waals surface area contributed by atoms with Crippen LogP contribution < -0.4 is 0 Å². The highest BCUT2D eigenvalue weighted by Crippen LogP contribution is 1.56. The van der Waals surface area contributed by atoms with E-state index in [1.54, 1.807) is 0 Å². The van der Waals surface area contributed by atoms with E-state index >= 15 is 0 Å². The van der Waals surface area contributed by atoms with Gasteiger partial charge in [-0.2, -0.15) is 8.79 Å². The van der Waals surface area contributed by atoms with Crippen LogP contribution in [0.2, 0.25) is 0 Å². The summed E-state index contributed by atoms with van der Waals surface area (Å²) in [6.07, 6.45) is 1.25. The van der Waals surface area contributed by atoms with Gasteiger partial charge in [0, 0.05) is 9.91 Å². The molecule has 1 atom stereocenters. The first-order chi connectivity index (χ1) is 2.41. The van der Waals surface area contributed by atoms with Crippen molar-refractivity contribution in [2.45, 2.75) is 20.3 Å². The van der Waals surface area contributed by atoms with Gasteiger partial charge in [0.2, 0.25) is 0 Å². The van der Waals surface area contributed by atoms with Crippen molar-refractivity contribution < 1.29 is 0 Å². The van der Waals surface area contributed by atoms with Gasteiger partial charge in [-0.1, -0.05) is 20.3 Å².